The quantitative estimate of drug-likeness (QED) is 0.835. The largest absolute Gasteiger partial charge is 0.381 e. The van der Waals surface area contributed by atoms with E-state index in [0.29, 0.717) is 23.9 Å². The number of nitrogens with one attached hydrogen (secondary N) is 1. The van der Waals surface area contributed by atoms with Gasteiger partial charge < -0.3 is 10.1 Å². The Bertz CT molecular complexity index is 435. The third kappa shape index (κ3) is 4.13. The first-order chi connectivity index (χ1) is 8.58. The Kier molecular flexibility index (Phi) is 5.82. The molecule has 0 aromatic carbocycles. The van der Waals surface area contributed by atoms with Crippen molar-refractivity contribution in [1.29, 1.82) is 0 Å². The molecule has 1 N–H and O–H groups in total. The molecule has 1 aromatic rings. The molecule has 0 radical (unpaired) electrons. The molecule has 4 nitrogen and oxygen atoms in total. The Balaban J connectivity index is 2.93. The number of hydrogen-bond acceptors (Lipinski definition) is 3. The van der Waals surface area contributed by atoms with Crippen LogP contribution in [0.2, 0.25) is 5.15 Å². The Morgan fingerprint density at radius 3 is 2.89 bits per heavy atom. The van der Waals surface area contributed by atoms with E-state index in [1.165, 1.54) is 0 Å². The van der Waals surface area contributed by atoms with Crippen LogP contribution in [-0.2, 0) is 9.53 Å². The molecule has 1 amide bonds. The van der Waals surface area contributed by atoms with Crippen molar-refractivity contribution in [3.05, 3.63) is 28.6 Å². The summed E-state index contributed by atoms with van der Waals surface area (Å²) in [6, 6.07) is 1.86. The molecule has 1 heterocycles. The van der Waals surface area contributed by atoms with Gasteiger partial charge in [0.1, 0.15) is 0 Å². The van der Waals surface area contributed by atoms with Crippen LogP contribution in [0.15, 0.2) is 12.1 Å². The van der Waals surface area contributed by atoms with Crippen molar-refractivity contribution in [3.63, 3.8) is 0 Å². The number of aryl methyl sites for hydroxylation is 1. The lowest BCUT2D eigenvalue weighted by atomic mass is 10.2. The maximum Gasteiger partial charge on any atom is 0.224 e. The van der Waals surface area contributed by atoms with E-state index in [1.54, 1.807) is 14.0 Å². The van der Waals surface area contributed by atoms with E-state index in [1.807, 2.05) is 25.1 Å². The van der Waals surface area contributed by atoms with Crippen LogP contribution in [0.25, 0.3) is 6.08 Å². The van der Waals surface area contributed by atoms with Crippen LogP contribution < -0.4 is 5.32 Å². The number of amides is 1. The van der Waals surface area contributed by atoms with Gasteiger partial charge in [-0.3, -0.25) is 4.79 Å². The van der Waals surface area contributed by atoms with E-state index in [4.69, 9.17) is 16.3 Å². The fraction of sp³-hybridized carbons (Fsp3) is 0.385. The van der Waals surface area contributed by atoms with Gasteiger partial charge in [-0.05, 0) is 24.6 Å². The first kappa shape index (κ1) is 14.7. The number of rotatable bonds is 5. The molecule has 1 rings (SSSR count). The van der Waals surface area contributed by atoms with Gasteiger partial charge >= 0.3 is 0 Å². The average Bonchev–Trinajstić information content (AvgIpc) is 2.34. The van der Waals surface area contributed by atoms with Crippen LogP contribution in [0.3, 0.4) is 0 Å². The second-order valence-electron chi connectivity index (χ2n) is 3.79. The van der Waals surface area contributed by atoms with Crippen molar-refractivity contribution in [2.45, 2.75) is 20.3 Å². The monoisotopic (exact) mass is 268 g/mol. The smallest absolute Gasteiger partial charge is 0.224 e. The Morgan fingerprint density at radius 2 is 2.33 bits per heavy atom. The molecule has 0 atom stereocenters. The van der Waals surface area contributed by atoms with Gasteiger partial charge in [-0.1, -0.05) is 24.6 Å². The summed E-state index contributed by atoms with van der Waals surface area (Å²) in [5.74, 6) is -0.0792. The number of methoxy groups -OCH3 is 1. The predicted molar refractivity (Wildman–Crippen MR) is 73.8 cm³/mol. The van der Waals surface area contributed by atoms with Crippen molar-refractivity contribution in [3.8, 4) is 0 Å². The van der Waals surface area contributed by atoms with Crippen molar-refractivity contribution in [2.24, 2.45) is 0 Å². The van der Waals surface area contributed by atoms with Crippen molar-refractivity contribution < 1.29 is 9.53 Å². The summed E-state index contributed by atoms with van der Waals surface area (Å²) in [6.07, 6.45) is 4.08. The molecule has 1 aromatic heterocycles. The molecule has 0 aliphatic carbocycles. The van der Waals surface area contributed by atoms with Crippen LogP contribution in [0, 0.1) is 6.92 Å². The van der Waals surface area contributed by atoms with Gasteiger partial charge in [0.25, 0.3) is 0 Å². The van der Waals surface area contributed by atoms with Crippen LogP contribution in [0.1, 0.15) is 24.6 Å². The summed E-state index contributed by atoms with van der Waals surface area (Å²) in [7, 11) is 1.62. The van der Waals surface area contributed by atoms with E-state index >= 15 is 0 Å². The van der Waals surface area contributed by atoms with Crippen molar-refractivity contribution >= 4 is 29.3 Å². The Hall–Kier alpha value is -1.39. The van der Waals surface area contributed by atoms with Gasteiger partial charge in [0.05, 0.1) is 18.0 Å². The number of carbonyl (C=O) groups is 1. The van der Waals surface area contributed by atoms with E-state index in [2.05, 4.69) is 10.3 Å². The Labute approximate surface area is 112 Å². The van der Waals surface area contributed by atoms with E-state index in [0.717, 1.165) is 11.3 Å². The lowest BCUT2D eigenvalue weighted by Gasteiger charge is -2.10. The molecule has 0 aliphatic rings. The van der Waals surface area contributed by atoms with Crippen molar-refractivity contribution in [1.82, 2.24) is 4.98 Å². The molecule has 18 heavy (non-hydrogen) atoms. The van der Waals surface area contributed by atoms with Gasteiger partial charge in [-0.15, -0.1) is 0 Å². The van der Waals surface area contributed by atoms with Crippen LogP contribution in [0.5, 0.6) is 0 Å². The summed E-state index contributed by atoms with van der Waals surface area (Å²) in [4.78, 5) is 15.6. The zero-order valence-corrected chi connectivity index (χ0v) is 11.5. The summed E-state index contributed by atoms with van der Waals surface area (Å²) in [6.45, 7) is 4.19. The van der Waals surface area contributed by atoms with E-state index < -0.39 is 0 Å². The molecule has 0 saturated carbocycles. The second kappa shape index (κ2) is 7.13. The number of pyridine rings is 1. The number of ether oxygens (including phenoxy) is 1. The first-order valence-electron chi connectivity index (χ1n) is 5.71. The Morgan fingerprint density at radius 1 is 1.61 bits per heavy atom. The number of halogens is 1. The maximum atomic E-state index is 11.4. The summed E-state index contributed by atoms with van der Waals surface area (Å²) >= 11 is 6.06. The lowest BCUT2D eigenvalue weighted by Crippen LogP contribution is -2.11. The molecule has 0 bridgehead atoms. The van der Waals surface area contributed by atoms with Crippen LogP contribution in [-0.4, -0.2) is 24.6 Å². The SMILES string of the molecule is CCC(=O)Nc1c(C)cc(/C=C/COC)nc1Cl. The minimum Gasteiger partial charge on any atom is -0.381 e. The van der Waals surface area contributed by atoms with Crippen LogP contribution in [0.4, 0.5) is 5.69 Å². The molecular weight excluding hydrogens is 252 g/mol. The number of nitrogens with zero attached hydrogens (tertiary/aromatic N) is 1. The lowest BCUT2D eigenvalue weighted by molar-refractivity contribution is -0.115. The minimum absolute atomic E-state index is 0.0792. The molecule has 0 unspecified atom stereocenters. The zero-order chi connectivity index (χ0) is 13.5. The number of anilines is 1. The van der Waals surface area contributed by atoms with Gasteiger partial charge in [-0.25, -0.2) is 4.98 Å². The summed E-state index contributed by atoms with van der Waals surface area (Å²) in [5, 5.41) is 3.04. The van der Waals surface area contributed by atoms with E-state index in [-0.39, 0.29) is 5.91 Å². The minimum atomic E-state index is -0.0792. The highest BCUT2D eigenvalue weighted by Crippen LogP contribution is 2.25. The fourth-order valence-corrected chi connectivity index (χ4v) is 1.68. The highest BCUT2D eigenvalue weighted by molar-refractivity contribution is 6.32. The molecule has 98 valence electrons. The number of hydrogen-bond donors (Lipinski definition) is 1. The molecular formula is C13H17ClN2O2. The molecule has 0 saturated heterocycles. The average molecular weight is 269 g/mol. The van der Waals surface area contributed by atoms with Gasteiger partial charge in [0, 0.05) is 13.5 Å². The fourth-order valence-electron chi connectivity index (χ4n) is 1.39. The van der Waals surface area contributed by atoms with Gasteiger partial charge in [-0.2, -0.15) is 0 Å². The summed E-state index contributed by atoms with van der Waals surface area (Å²) in [5.41, 5.74) is 2.20. The second-order valence-corrected chi connectivity index (χ2v) is 4.15. The van der Waals surface area contributed by atoms with Gasteiger partial charge in [0.2, 0.25) is 5.91 Å². The number of aromatic nitrogens is 1. The zero-order valence-electron chi connectivity index (χ0n) is 10.8. The van der Waals surface area contributed by atoms with Crippen LogP contribution >= 0.6 is 11.6 Å². The maximum absolute atomic E-state index is 11.4. The molecule has 0 aliphatic heterocycles. The first-order valence-corrected chi connectivity index (χ1v) is 6.08. The highest BCUT2D eigenvalue weighted by atomic mass is 35.5. The predicted octanol–water partition coefficient (Wildman–Crippen LogP) is 3.05. The highest BCUT2D eigenvalue weighted by Gasteiger charge is 2.09. The summed E-state index contributed by atoms with van der Waals surface area (Å²) < 4.78 is 4.91. The normalized spacial score (nSPS) is 10.9. The topological polar surface area (TPSA) is 51.2 Å². The third-order valence-corrected chi connectivity index (χ3v) is 2.60. The molecule has 0 fully saturated rings. The van der Waals surface area contributed by atoms with E-state index in [9.17, 15) is 4.79 Å². The number of carbonyl (C=O) groups excluding carboxylic acids is 1. The molecule has 5 heteroatoms. The third-order valence-electron chi connectivity index (χ3n) is 2.33. The molecule has 0 spiro atoms. The standard InChI is InChI=1S/C13H17ClN2O2/c1-4-11(17)16-12-9(2)8-10(15-13(12)14)6-5-7-18-3/h5-6,8H,4,7H2,1-3H3,(H,16,17)/b6-5+. The van der Waals surface area contributed by atoms with Crippen molar-refractivity contribution in [2.75, 3.05) is 19.0 Å². The van der Waals surface area contributed by atoms with Gasteiger partial charge in [0.15, 0.2) is 5.15 Å².